The van der Waals surface area contributed by atoms with Crippen LogP contribution in [-0.2, 0) is 17.8 Å². The van der Waals surface area contributed by atoms with Crippen LogP contribution in [0.2, 0.25) is 0 Å². The van der Waals surface area contributed by atoms with Gasteiger partial charge in [0.2, 0.25) is 0 Å². The largest absolute Gasteiger partial charge is 0.360 e. The minimum Gasteiger partial charge on any atom is -0.315 e. The Morgan fingerprint density at radius 3 is 1.85 bits per heavy atom. The molecule has 0 bridgehead atoms. The van der Waals surface area contributed by atoms with Gasteiger partial charge in [-0.15, -0.1) is 0 Å². The summed E-state index contributed by atoms with van der Waals surface area (Å²) < 4.78 is 34.5. The molecule has 0 spiro atoms. The molecule has 2 aliphatic carbocycles. The Morgan fingerprint density at radius 1 is 0.725 bits per heavy atom. The Hall–Kier alpha value is -2.00. The zero-order valence-electron chi connectivity index (χ0n) is 25.1. The van der Waals surface area contributed by atoms with Gasteiger partial charge >= 0.3 is 6.11 Å². The van der Waals surface area contributed by atoms with Crippen LogP contribution in [0, 0.1) is 11.8 Å². The molecular formula is C37H52F2O. The molecule has 0 saturated heterocycles. The highest BCUT2D eigenvalue weighted by atomic mass is 19.3. The first-order valence-corrected chi connectivity index (χ1v) is 16.3. The van der Waals surface area contributed by atoms with E-state index >= 15 is 0 Å². The van der Waals surface area contributed by atoms with Crippen LogP contribution in [0.4, 0.5) is 8.78 Å². The lowest BCUT2D eigenvalue weighted by Crippen LogP contribution is -2.23. The van der Waals surface area contributed by atoms with Gasteiger partial charge in [0.25, 0.3) is 0 Å². The second-order valence-corrected chi connectivity index (χ2v) is 12.6. The second kappa shape index (κ2) is 15.9. The van der Waals surface area contributed by atoms with E-state index in [-0.39, 0.29) is 13.0 Å². The van der Waals surface area contributed by atoms with Crippen LogP contribution in [0.5, 0.6) is 0 Å². The molecule has 0 atom stereocenters. The molecule has 2 aliphatic rings. The van der Waals surface area contributed by atoms with Crippen LogP contribution in [0.25, 0.3) is 0 Å². The standard InChI is InChI=1S/C37H52F2O/c1-3-5-6-7-8-10-30-13-21-34(22-14-30)35-23-15-31(16-24-35)27-37(38,39)40-28-32-17-25-36(26-18-32)33-19-11-29(9-4-2)12-20-33/h4,9,15-18,23-26,29-30,33-34H,3,5-8,10-14,19-22,27-28H2,1-2H3/b9-4+. The minimum absolute atomic E-state index is 0.0682. The third-order valence-electron chi connectivity index (χ3n) is 9.56. The van der Waals surface area contributed by atoms with Crippen LogP contribution < -0.4 is 0 Å². The maximum absolute atomic E-state index is 14.7. The van der Waals surface area contributed by atoms with Gasteiger partial charge in [-0.2, -0.15) is 8.78 Å². The summed E-state index contributed by atoms with van der Waals surface area (Å²) in [6.45, 7) is 4.29. The molecule has 1 nitrogen and oxygen atoms in total. The molecule has 2 saturated carbocycles. The van der Waals surface area contributed by atoms with E-state index in [2.05, 4.69) is 50.3 Å². The van der Waals surface area contributed by atoms with Crippen molar-refractivity contribution in [2.75, 3.05) is 0 Å². The Morgan fingerprint density at radius 2 is 1.27 bits per heavy atom. The van der Waals surface area contributed by atoms with Crippen molar-refractivity contribution in [1.82, 2.24) is 0 Å². The average Bonchev–Trinajstić information content (AvgIpc) is 2.98. The smallest absolute Gasteiger partial charge is 0.315 e. The number of hydrogen-bond donors (Lipinski definition) is 0. The molecule has 220 valence electrons. The van der Waals surface area contributed by atoms with Gasteiger partial charge in [0, 0.05) is 0 Å². The monoisotopic (exact) mass is 550 g/mol. The van der Waals surface area contributed by atoms with E-state index < -0.39 is 6.11 Å². The lowest BCUT2D eigenvalue weighted by atomic mass is 9.77. The number of benzene rings is 2. The number of rotatable bonds is 14. The van der Waals surface area contributed by atoms with E-state index in [1.807, 2.05) is 24.3 Å². The average molecular weight is 551 g/mol. The van der Waals surface area contributed by atoms with Gasteiger partial charge < -0.3 is 4.74 Å². The summed E-state index contributed by atoms with van der Waals surface area (Å²) in [5.74, 6) is 2.75. The number of allylic oxidation sites excluding steroid dienone is 2. The number of alkyl halides is 2. The molecule has 0 heterocycles. The number of ether oxygens (including phenoxy) is 1. The molecule has 0 unspecified atom stereocenters. The predicted molar refractivity (Wildman–Crippen MR) is 164 cm³/mol. The zero-order chi connectivity index (χ0) is 28.2. The number of unbranched alkanes of at least 4 members (excludes halogenated alkanes) is 4. The fourth-order valence-corrected chi connectivity index (χ4v) is 7.01. The van der Waals surface area contributed by atoms with Gasteiger partial charge in [-0.05, 0) is 104 Å². The Kier molecular flexibility index (Phi) is 12.3. The third-order valence-corrected chi connectivity index (χ3v) is 9.56. The minimum atomic E-state index is -3.18. The van der Waals surface area contributed by atoms with Crippen molar-refractivity contribution >= 4 is 0 Å². The molecule has 2 fully saturated rings. The maximum Gasteiger partial charge on any atom is 0.360 e. The van der Waals surface area contributed by atoms with E-state index in [1.54, 1.807) is 0 Å². The van der Waals surface area contributed by atoms with Crippen LogP contribution in [-0.4, -0.2) is 6.11 Å². The highest BCUT2D eigenvalue weighted by molar-refractivity contribution is 5.27. The van der Waals surface area contributed by atoms with Crippen molar-refractivity contribution in [3.05, 3.63) is 82.9 Å². The Bertz CT molecular complexity index is 993. The molecule has 0 aromatic heterocycles. The molecule has 0 radical (unpaired) electrons. The first-order valence-electron chi connectivity index (χ1n) is 16.3. The molecule has 2 aromatic rings. The van der Waals surface area contributed by atoms with Crippen LogP contribution >= 0.6 is 0 Å². The van der Waals surface area contributed by atoms with E-state index in [0.717, 1.165) is 11.5 Å². The molecule has 3 heteroatoms. The molecule has 0 amide bonds. The molecule has 0 N–H and O–H groups in total. The third kappa shape index (κ3) is 9.82. The SMILES string of the molecule is C/C=C/C1CCC(c2ccc(COC(F)(F)Cc3ccc(C4CCC(CCCCCCC)CC4)cc3)cc2)CC1. The molecule has 4 rings (SSSR count). The van der Waals surface area contributed by atoms with Gasteiger partial charge in [-0.25, -0.2) is 0 Å². The van der Waals surface area contributed by atoms with Gasteiger partial charge in [-0.3, -0.25) is 0 Å². The van der Waals surface area contributed by atoms with Crippen molar-refractivity contribution in [3.8, 4) is 0 Å². The topological polar surface area (TPSA) is 9.23 Å². The van der Waals surface area contributed by atoms with Crippen molar-refractivity contribution < 1.29 is 13.5 Å². The van der Waals surface area contributed by atoms with Gasteiger partial charge in [-0.1, -0.05) is 106 Å². The van der Waals surface area contributed by atoms with Crippen molar-refractivity contribution in [1.29, 1.82) is 0 Å². The summed E-state index contributed by atoms with van der Waals surface area (Å²) in [7, 11) is 0. The fourth-order valence-electron chi connectivity index (χ4n) is 7.01. The van der Waals surface area contributed by atoms with Crippen molar-refractivity contribution in [2.45, 2.75) is 135 Å². The lowest BCUT2D eigenvalue weighted by molar-refractivity contribution is -0.244. The lowest BCUT2D eigenvalue weighted by Gasteiger charge is -2.29. The molecule has 0 aliphatic heterocycles. The van der Waals surface area contributed by atoms with E-state index in [4.69, 9.17) is 4.74 Å². The van der Waals surface area contributed by atoms with Crippen molar-refractivity contribution in [2.24, 2.45) is 11.8 Å². The van der Waals surface area contributed by atoms with E-state index in [1.165, 1.54) is 101 Å². The Labute approximate surface area is 242 Å². The normalized spacial score (nSPS) is 24.0. The summed E-state index contributed by atoms with van der Waals surface area (Å²) in [5, 5.41) is 0. The first-order chi connectivity index (χ1) is 19.5. The zero-order valence-corrected chi connectivity index (χ0v) is 25.1. The predicted octanol–water partition coefficient (Wildman–Crippen LogP) is 11.5. The van der Waals surface area contributed by atoms with Crippen LogP contribution in [0.1, 0.15) is 138 Å². The van der Waals surface area contributed by atoms with Crippen LogP contribution in [0.15, 0.2) is 60.7 Å². The fraction of sp³-hybridized carbons (Fsp3) is 0.622. The number of halogens is 2. The van der Waals surface area contributed by atoms with Gasteiger partial charge in [0.05, 0.1) is 13.0 Å². The first kappa shape index (κ1) is 30.9. The molecule has 40 heavy (non-hydrogen) atoms. The molecular weight excluding hydrogens is 498 g/mol. The van der Waals surface area contributed by atoms with Crippen LogP contribution in [0.3, 0.4) is 0 Å². The second-order valence-electron chi connectivity index (χ2n) is 12.6. The highest BCUT2D eigenvalue weighted by Crippen LogP contribution is 2.39. The van der Waals surface area contributed by atoms with E-state index in [9.17, 15) is 8.78 Å². The number of hydrogen-bond acceptors (Lipinski definition) is 1. The maximum atomic E-state index is 14.7. The summed E-state index contributed by atoms with van der Waals surface area (Å²) in [6.07, 6.45) is 19.1. The van der Waals surface area contributed by atoms with Crippen molar-refractivity contribution in [3.63, 3.8) is 0 Å². The van der Waals surface area contributed by atoms with Gasteiger partial charge in [0.15, 0.2) is 0 Å². The Balaban J connectivity index is 1.18. The van der Waals surface area contributed by atoms with E-state index in [0.29, 0.717) is 23.3 Å². The summed E-state index contributed by atoms with van der Waals surface area (Å²) in [4.78, 5) is 0. The summed E-state index contributed by atoms with van der Waals surface area (Å²) >= 11 is 0. The summed E-state index contributed by atoms with van der Waals surface area (Å²) in [5.41, 5.74) is 4.08. The van der Waals surface area contributed by atoms with Gasteiger partial charge in [0.1, 0.15) is 0 Å². The summed E-state index contributed by atoms with van der Waals surface area (Å²) in [6, 6.07) is 16.0. The quantitative estimate of drug-likeness (QED) is 0.168. The molecule has 2 aromatic carbocycles. The highest BCUT2D eigenvalue weighted by Gasteiger charge is 2.31.